The lowest BCUT2D eigenvalue weighted by Gasteiger charge is -2.32. The first-order valence-electron chi connectivity index (χ1n) is 10.2. The summed E-state index contributed by atoms with van der Waals surface area (Å²) in [6, 6.07) is 9.85. The van der Waals surface area contributed by atoms with Crippen LogP contribution in [0, 0.1) is 11.3 Å². The first-order chi connectivity index (χ1) is 14.1. The Morgan fingerprint density at radius 1 is 1.10 bits per heavy atom. The molecule has 0 unspecified atom stereocenters. The van der Waals surface area contributed by atoms with Crippen molar-refractivity contribution in [3.63, 3.8) is 0 Å². The molecule has 0 atom stereocenters. The molecule has 0 bridgehead atoms. The third kappa shape index (κ3) is 4.50. The number of fused-ring (bicyclic) bond motifs is 1. The van der Waals surface area contributed by atoms with Crippen molar-refractivity contribution in [3.8, 4) is 5.75 Å². The van der Waals surface area contributed by atoms with E-state index in [1.165, 1.54) is 5.56 Å². The van der Waals surface area contributed by atoms with Crippen molar-refractivity contribution in [3.05, 3.63) is 53.9 Å². The number of hydrogen-bond donors (Lipinski definition) is 2. The summed E-state index contributed by atoms with van der Waals surface area (Å²) in [6.45, 7) is 3.03. The van der Waals surface area contributed by atoms with Crippen molar-refractivity contribution in [2.45, 2.75) is 32.2 Å². The SMILES string of the molecule is N=C(N)N1CCCc2ccc(OC(=O)C3CCN(c4ccncc4)CC3)cc2C1. The number of esters is 1. The Balaban J connectivity index is 1.37. The van der Waals surface area contributed by atoms with Gasteiger partial charge in [0.25, 0.3) is 0 Å². The van der Waals surface area contributed by atoms with Gasteiger partial charge in [-0.15, -0.1) is 0 Å². The molecule has 2 aliphatic heterocycles. The van der Waals surface area contributed by atoms with E-state index < -0.39 is 0 Å². The number of ether oxygens (including phenoxy) is 1. The minimum Gasteiger partial charge on any atom is -0.426 e. The quantitative estimate of drug-likeness (QED) is 0.360. The zero-order valence-corrected chi connectivity index (χ0v) is 16.5. The topological polar surface area (TPSA) is 95.5 Å². The monoisotopic (exact) mass is 393 g/mol. The molecule has 152 valence electrons. The van der Waals surface area contributed by atoms with Gasteiger partial charge in [-0.25, -0.2) is 0 Å². The highest BCUT2D eigenvalue weighted by molar-refractivity contribution is 5.76. The van der Waals surface area contributed by atoms with Gasteiger partial charge < -0.3 is 20.3 Å². The number of piperidine rings is 1. The molecular formula is C22H27N5O2. The lowest BCUT2D eigenvalue weighted by Crippen LogP contribution is -2.37. The number of guanidine groups is 1. The summed E-state index contributed by atoms with van der Waals surface area (Å²) in [7, 11) is 0. The molecule has 0 radical (unpaired) electrons. The van der Waals surface area contributed by atoms with Gasteiger partial charge in [0.05, 0.1) is 5.92 Å². The standard InChI is InChI=1S/C22H27N5O2/c23-22(24)27-11-1-2-16-3-4-20(14-18(16)15-27)29-21(28)17-7-12-26(13-8-17)19-5-9-25-10-6-19/h3-6,9-10,14,17H,1-2,7-8,11-13,15H2,(H3,23,24). The van der Waals surface area contributed by atoms with E-state index in [9.17, 15) is 4.79 Å². The van der Waals surface area contributed by atoms with E-state index in [4.69, 9.17) is 15.9 Å². The molecule has 29 heavy (non-hydrogen) atoms. The summed E-state index contributed by atoms with van der Waals surface area (Å²) in [6.07, 6.45) is 7.06. The first kappa shape index (κ1) is 19.2. The Kier molecular flexibility index (Phi) is 5.64. The Hall–Kier alpha value is -3.09. The molecule has 3 N–H and O–H groups in total. The maximum atomic E-state index is 12.7. The number of nitrogens with zero attached hydrogens (tertiary/aromatic N) is 3. The molecule has 2 aliphatic rings. The van der Waals surface area contributed by atoms with Crippen molar-refractivity contribution in [1.82, 2.24) is 9.88 Å². The van der Waals surface area contributed by atoms with Gasteiger partial charge in [-0.05, 0) is 61.1 Å². The minimum atomic E-state index is -0.156. The zero-order chi connectivity index (χ0) is 20.2. The van der Waals surface area contributed by atoms with Gasteiger partial charge in [-0.1, -0.05) is 6.07 Å². The predicted octanol–water partition coefficient (Wildman–Crippen LogP) is 2.55. The Morgan fingerprint density at radius 2 is 1.86 bits per heavy atom. The highest BCUT2D eigenvalue weighted by atomic mass is 16.5. The number of carbonyl (C=O) groups excluding carboxylic acids is 1. The van der Waals surface area contributed by atoms with Gasteiger partial charge in [0, 0.05) is 44.3 Å². The number of anilines is 1. The van der Waals surface area contributed by atoms with E-state index in [-0.39, 0.29) is 17.8 Å². The first-order valence-corrected chi connectivity index (χ1v) is 10.2. The zero-order valence-electron chi connectivity index (χ0n) is 16.5. The summed E-state index contributed by atoms with van der Waals surface area (Å²) in [5, 5.41) is 7.72. The number of benzene rings is 1. The highest BCUT2D eigenvalue weighted by Gasteiger charge is 2.27. The van der Waals surface area contributed by atoms with Gasteiger partial charge in [0.2, 0.25) is 0 Å². The second kappa shape index (κ2) is 8.51. The molecule has 4 rings (SSSR count). The van der Waals surface area contributed by atoms with Crippen LogP contribution in [-0.2, 0) is 17.8 Å². The van der Waals surface area contributed by atoms with Crippen LogP contribution in [0.1, 0.15) is 30.4 Å². The van der Waals surface area contributed by atoms with E-state index in [0.717, 1.165) is 56.6 Å². The van der Waals surface area contributed by atoms with E-state index in [1.807, 2.05) is 35.2 Å². The van der Waals surface area contributed by atoms with E-state index in [0.29, 0.717) is 12.3 Å². The molecule has 7 nitrogen and oxygen atoms in total. The van der Waals surface area contributed by atoms with Crippen LogP contribution in [0.25, 0.3) is 0 Å². The number of nitrogens with one attached hydrogen (secondary N) is 1. The molecule has 7 heteroatoms. The fourth-order valence-corrected chi connectivity index (χ4v) is 4.14. The summed E-state index contributed by atoms with van der Waals surface area (Å²) >= 11 is 0. The van der Waals surface area contributed by atoms with Crippen molar-refractivity contribution in [2.24, 2.45) is 11.7 Å². The van der Waals surface area contributed by atoms with Crippen molar-refractivity contribution in [2.75, 3.05) is 24.5 Å². The lowest BCUT2D eigenvalue weighted by molar-refractivity contribution is -0.139. The third-order valence-corrected chi connectivity index (χ3v) is 5.83. The second-order valence-corrected chi connectivity index (χ2v) is 7.73. The molecule has 1 aromatic heterocycles. The van der Waals surface area contributed by atoms with Gasteiger partial charge in [0.15, 0.2) is 5.96 Å². The maximum Gasteiger partial charge on any atom is 0.314 e. The lowest BCUT2D eigenvalue weighted by atomic mass is 9.96. The van der Waals surface area contributed by atoms with Gasteiger partial charge >= 0.3 is 5.97 Å². The number of aromatic nitrogens is 1. The van der Waals surface area contributed by atoms with Crippen LogP contribution >= 0.6 is 0 Å². The largest absolute Gasteiger partial charge is 0.426 e. The molecule has 0 amide bonds. The average Bonchev–Trinajstić information content (AvgIpc) is 2.97. The van der Waals surface area contributed by atoms with Crippen molar-refractivity contribution < 1.29 is 9.53 Å². The van der Waals surface area contributed by atoms with E-state index >= 15 is 0 Å². The summed E-state index contributed by atoms with van der Waals surface area (Å²) in [4.78, 5) is 20.9. The van der Waals surface area contributed by atoms with E-state index in [2.05, 4.69) is 9.88 Å². The molecule has 0 saturated carbocycles. The number of nitrogens with two attached hydrogens (primary N) is 1. The van der Waals surface area contributed by atoms with Crippen LogP contribution in [0.2, 0.25) is 0 Å². The molecule has 1 saturated heterocycles. The maximum absolute atomic E-state index is 12.7. The molecule has 1 fully saturated rings. The molecule has 2 aromatic rings. The normalized spacial score (nSPS) is 17.4. The van der Waals surface area contributed by atoms with E-state index in [1.54, 1.807) is 12.4 Å². The molecule has 3 heterocycles. The summed E-state index contributed by atoms with van der Waals surface area (Å²) in [5.41, 5.74) is 9.14. The van der Waals surface area contributed by atoms with Crippen LogP contribution in [0.4, 0.5) is 5.69 Å². The Morgan fingerprint density at radius 3 is 2.59 bits per heavy atom. The molecule has 1 aromatic carbocycles. The van der Waals surface area contributed by atoms with Crippen LogP contribution in [0.5, 0.6) is 5.75 Å². The molecule has 0 aliphatic carbocycles. The van der Waals surface area contributed by atoms with Crippen LogP contribution in [0.15, 0.2) is 42.7 Å². The Labute approximate surface area is 171 Å². The summed E-state index contributed by atoms with van der Waals surface area (Å²) in [5.74, 6) is 0.425. The fourth-order valence-electron chi connectivity index (χ4n) is 4.14. The van der Waals surface area contributed by atoms with Gasteiger partial charge in [0.1, 0.15) is 5.75 Å². The number of carbonyl (C=O) groups is 1. The smallest absolute Gasteiger partial charge is 0.314 e. The minimum absolute atomic E-state index is 0.0828. The van der Waals surface area contributed by atoms with Gasteiger partial charge in [-0.2, -0.15) is 0 Å². The molecular weight excluding hydrogens is 366 g/mol. The number of aryl methyl sites for hydroxylation is 1. The van der Waals surface area contributed by atoms with Gasteiger partial charge in [-0.3, -0.25) is 15.2 Å². The number of pyridine rings is 1. The van der Waals surface area contributed by atoms with Crippen LogP contribution in [0.3, 0.4) is 0 Å². The predicted molar refractivity (Wildman–Crippen MR) is 112 cm³/mol. The average molecular weight is 393 g/mol. The van der Waals surface area contributed by atoms with Crippen LogP contribution < -0.4 is 15.4 Å². The Bertz CT molecular complexity index is 878. The molecule has 0 spiro atoms. The summed E-state index contributed by atoms with van der Waals surface area (Å²) < 4.78 is 5.73. The number of hydrogen-bond acceptors (Lipinski definition) is 5. The second-order valence-electron chi connectivity index (χ2n) is 7.73. The van der Waals surface area contributed by atoms with Crippen molar-refractivity contribution >= 4 is 17.6 Å². The third-order valence-electron chi connectivity index (χ3n) is 5.83. The fraction of sp³-hybridized carbons (Fsp3) is 0.409. The van der Waals surface area contributed by atoms with Crippen LogP contribution in [-0.4, -0.2) is 41.4 Å². The number of rotatable bonds is 3. The highest BCUT2D eigenvalue weighted by Crippen LogP contribution is 2.27. The van der Waals surface area contributed by atoms with Crippen molar-refractivity contribution in [1.29, 1.82) is 5.41 Å².